The van der Waals surface area contributed by atoms with Gasteiger partial charge in [0.25, 0.3) is 0 Å². The van der Waals surface area contributed by atoms with E-state index in [0.29, 0.717) is 0 Å². The summed E-state index contributed by atoms with van der Waals surface area (Å²) < 4.78 is 0. The van der Waals surface area contributed by atoms with E-state index >= 15 is 0 Å². The zero-order valence-electron chi connectivity index (χ0n) is 8.62. The number of fused-ring (bicyclic) bond motifs is 1. The Hall–Kier alpha value is -1.79. The van der Waals surface area contributed by atoms with Crippen LogP contribution in [0.15, 0.2) is 30.5 Å². The van der Waals surface area contributed by atoms with Gasteiger partial charge in [-0.3, -0.25) is 5.32 Å². The van der Waals surface area contributed by atoms with Crippen LogP contribution >= 0.6 is 0 Å². The Kier molecular flexibility index (Phi) is 2.70. The number of aromatic amines is 1. The predicted octanol–water partition coefficient (Wildman–Crippen LogP) is 2.17. The highest BCUT2D eigenvalue weighted by atomic mass is 14.9. The van der Waals surface area contributed by atoms with Crippen molar-refractivity contribution in [2.24, 2.45) is 0 Å². The molecule has 0 spiro atoms. The first kappa shape index (κ1) is 9.75. The molecular weight excluding hydrogens is 186 g/mol. The minimum absolute atomic E-state index is 0.112. The van der Waals surface area contributed by atoms with Crippen LogP contribution in [-0.4, -0.2) is 11.0 Å². The summed E-state index contributed by atoms with van der Waals surface area (Å²) >= 11 is 0. The lowest BCUT2D eigenvalue weighted by Gasteiger charge is -2.04. The molecule has 0 amide bonds. The summed E-state index contributed by atoms with van der Waals surface area (Å²) in [5, 5.41) is 13.0. The molecule has 3 nitrogen and oxygen atoms in total. The van der Waals surface area contributed by atoms with E-state index in [-0.39, 0.29) is 6.04 Å². The molecule has 15 heavy (non-hydrogen) atoms. The third-order valence-corrected chi connectivity index (χ3v) is 2.47. The molecule has 3 heteroatoms. The van der Waals surface area contributed by atoms with Gasteiger partial charge in [-0.05, 0) is 18.6 Å². The standard InChI is InChI=1S/C12H13N3/c1-9(6-13)14-7-10-8-15-12-5-3-2-4-11(10)12/h2-5,8-9,14-15H,7H2,1H3. The second kappa shape index (κ2) is 4.16. The molecule has 1 heterocycles. The van der Waals surface area contributed by atoms with Crippen molar-refractivity contribution in [2.45, 2.75) is 19.5 Å². The largest absolute Gasteiger partial charge is 0.361 e. The second-order valence-electron chi connectivity index (χ2n) is 3.59. The number of nitriles is 1. The number of rotatable bonds is 3. The minimum Gasteiger partial charge on any atom is -0.361 e. The van der Waals surface area contributed by atoms with Crippen molar-refractivity contribution in [1.82, 2.24) is 10.3 Å². The van der Waals surface area contributed by atoms with Gasteiger partial charge in [0.1, 0.15) is 0 Å². The van der Waals surface area contributed by atoms with Gasteiger partial charge in [0.2, 0.25) is 0 Å². The molecule has 0 saturated carbocycles. The summed E-state index contributed by atoms with van der Waals surface area (Å²) in [5.74, 6) is 0. The molecule has 1 atom stereocenters. The Morgan fingerprint density at radius 3 is 3.07 bits per heavy atom. The molecule has 0 aliphatic rings. The van der Waals surface area contributed by atoms with Crippen LogP contribution in [0.3, 0.4) is 0 Å². The van der Waals surface area contributed by atoms with Crippen LogP contribution in [0.25, 0.3) is 10.9 Å². The Bertz CT molecular complexity index is 493. The van der Waals surface area contributed by atoms with Crippen molar-refractivity contribution in [1.29, 1.82) is 5.26 Å². The SMILES string of the molecule is CC(C#N)NCc1c[nH]c2ccccc12. The molecule has 0 aliphatic carbocycles. The molecule has 0 fully saturated rings. The molecule has 1 aromatic heterocycles. The number of hydrogen-bond acceptors (Lipinski definition) is 2. The lowest BCUT2D eigenvalue weighted by molar-refractivity contribution is 0.644. The Balaban J connectivity index is 2.19. The van der Waals surface area contributed by atoms with Crippen LogP contribution < -0.4 is 5.32 Å². The monoisotopic (exact) mass is 199 g/mol. The molecule has 0 aliphatic heterocycles. The first-order valence-corrected chi connectivity index (χ1v) is 4.99. The fourth-order valence-electron chi connectivity index (χ4n) is 1.59. The summed E-state index contributed by atoms with van der Waals surface area (Å²) in [6.45, 7) is 2.58. The average Bonchev–Trinajstić information content (AvgIpc) is 2.69. The number of nitrogens with zero attached hydrogens (tertiary/aromatic N) is 1. The maximum Gasteiger partial charge on any atom is 0.0927 e. The number of H-pyrrole nitrogens is 1. The average molecular weight is 199 g/mol. The van der Waals surface area contributed by atoms with Gasteiger partial charge in [-0.1, -0.05) is 18.2 Å². The van der Waals surface area contributed by atoms with E-state index in [1.807, 2.05) is 31.3 Å². The quantitative estimate of drug-likeness (QED) is 0.796. The van der Waals surface area contributed by atoms with E-state index in [9.17, 15) is 0 Å². The van der Waals surface area contributed by atoms with Gasteiger partial charge in [-0.25, -0.2) is 0 Å². The van der Waals surface area contributed by atoms with Crippen molar-refractivity contribution in [3.8, 4) is 6.07 Å². The van der Waals surface area contributed by atoms with Gasteiger partial charge in [-0.2, -0.15) is 5.26 Å². The smallest absolute Gasteiger partial charge is 0.0927 e. The van der Waals surface area contributed by atoms with E-state index < -0.39 is 0 Å². The summed E-state index contributed by atoms with van der Waals surface area (Å²) in [4.78, 5) is 3.21. The van der Waals surface area contributed by atoms with E-state index in [4.69, 9.17) is 5.26 Å². The van der Waals surface area contributed by atoms with E-state index in [1.54, 1.807) is 0 Å². The zero-order chi connectivity index (χ0) is 10.7. The van der Waals surface area contributed by atoms with Crippen molar-refractivity contribution < 1.29 is 0 Å². The van der Waals surface area contributed by atoms with Crippen molar-refractivity contribution >= 4 is 10.9 Å². The predicted molar refractivity (Wildman–Crippen MR) is 60.2 cm³/mol. The molecule has 1 unspecified atom stereocenters. The molecule has 0 bridgehead atoms. The van der Waals surface area contributed by atoms with Crippen LogP contribution in [-0.2, 0) is 6.54 Å². The van der Waals surface area contributed by atoms with E-state index in [0.717, 1.165) is 12.1 Å². The van der Waals surface area contributed by atoms with Crippen LogP contribution in [0.1, 0.15) is 12.5 Å². The van der Waals surface area contributed by atoms with Gasteiger partial charge < -0.3 is 4.98 Å². The second-order valence-corrected chi connectivity index (χ2v) is 3.59. The highest BCUT2D eigenvalue weighted by Crippen LogP contribution is 2.17. The molecule has 0 saturated heterocycles. The molecule has 2 aromatic rings. The third kappa shape index (κ3) is 2.00. The summed E-state index contributed by atoms with van der Waals surface area (Å²) in [5.41, 5.74) is 2.34. The van der Waals surface area contributed by atoms with Gasteiger partial charge in [0.15, 0.2) is 0 Å². The van der Waals surface area contributed by atoms with Crippen molar-refractivity contribution in [2.75, 3.05) is 0 Å². The Morgan fingerprint density at radius 1 is 1.47 bits per heavy atom. The lowest BCUT2D eigenvalue weighted by Crippen LogP contribution is -2.23. The number of benzene rings is 1. The highest BCUT2D eigenvalue weighted by Gasteiger charge is 2.03. The molecule has 0 radical (unpaired) electrons. The topological polar surface area (TPSA) is 51.6 Å². The van der Waals surface area contributed by atoms with Crippen LogP contribution in [0.5, 0.6) is 0 Å². The molecule has 1 aromatic carbocycles. The van der Waals surface area contributed by atoms with E-state index in [2.05, 4.69) is 22.4 Å². The fraction of sp³-hybridized carbons (Fsp3) is 0.250. The summed E-state index contributed by atoms with van der Waals surface area (Å²) in [6.07, 6.45) is 1.99. The zero-order valence-corrected chi connectivity index (χ0v) is 8.62. The minimum atomic E-state index is -0.112. The van der Waals surface area contributed by atoms with Gasteiger partial charge >= 0.3 is 0 Å². The Morgan fingerprint density at radius 2 is 2.27 bits per heavy atom. The summed E-state index contributed by atoms with van der Waals surface area (Å²) in [6, 6.07) is 10.2. The summed E-state index contributed by atoms with van der Waals surface area (Å²) in [7, 11) is 0. The van der Waals surface area contributed by atoms with E-state index in [1.165, 1.54) is 10.9 Å². The molecular formula is C12H13N3. The number of para-hydroxylation sites is 1. The molecule has 2 N–H and O–H groups in total. The van der Waals surface area contributed by atoms with Crippen molar-refractivity contribution in [3.63, 3.8) is 0 Å². The first-order valence-electron chi connectivity index (χ1n) is 4.99. The Labute approximate surface area is 88.7 Å². The van der Waals surface area contributed by atoms with Gasteiger partial charge in [-0.15, -0.1) is 0 Å². The number of nitrogens with one attached hydrogen (secondary N) is 2. The number of hydrogen-bond donors (Lipinski definition) is 2. The first-order chi connectivity index (χ1) is 7.31. The van der Waals surface area contributed by atoms with Crippen LogP contribution in [0.4, 0.5) is 0 Å². The number of aromatic nitrogens is 1. The van der Waals surface area contributed by atoms with Gasteiger partial charge in [0.05, 0.1) is 12.1 Å². The molecule has 76 valence electrons. The fourth-order valence-corrected chi connectivity index (χ4v) is 1.59. The van der Waals surface area contributed by atoms with Crippen LogP contribution in [0.2, 0.25) is 0 Å². The molecule has 2 rings (SSSR count). The van der Waals surface area contributed by atoms with Crippen molar-refractivity contribution in [3.05, 3.63) is 36.0 Å². The third-order valence-electron chi connectivity index (χ3n) is 2.47. The maximum atomic E-state index is 8.66. The maximum absolute atomic E-state index is 8.66. The highest BCUT2D eigenvalue weighted by molar-refractivity contribution is 5.82. The van der Waals surface area contributed by atoms with Crippen LogP contribution in [0, 0.1) is 11.3 Å². The lowest BCUT2D eigenvalue weighted by atomic mass is 10.2. The van der Waals surface area contributed by atoms with Gasteiger partial charge in [0, 0.05) is 23.6 Å². The normalized spacial score (nSPS) is 12.5.